The van der Waals surface area contributed by atoms with Crippen LogP contribution in [0.2, 0.25) is 0 Å². The number of benzene rings is 1. The van der Waals surface area contributed by atoms with Gasteiger partial charge in [0.2, 0.25) is 0 Å². The van der Waals surface area contributed by atoms with E-state index in [9.17, 15) is 20.0 Å². The topological polar surface area (TPSA) is 80.4 Å². The van der Waals surface area contributed by atoms with Gasteiger partial charge in [0.05, 0.1) is 4.92 Å². The number of nitrogens with zero attached hydrogens (tertiary/aromatic N) is 1. The van der Waals surface area contributed by atoms with Gasteiger partial charge in [0, 0.05) is 17.1 Å². The third kappa shape index (κ3) is 3.26. The second-order valence-corrected chi connectivity index (χ2v) is 5.88. The van der Waals surface area contributed by atoms with Gasteiger partial charge in [0.25, 0.3) is 5.69 Å². The van der Waals surface area contributed by atoms with E-state index in [1.165, 1.54) is 18.9 Å². The van der Waals surface area contributed by atoms with Crippen LogP contribution in [0.25, 0.3) is 0 Å². The van der Waals surface area contributed by atoms with Crippen LogP contribution in [-0.4, -0.2) is 21.2 Å². The van der Waals surface area contributed by atoms with E-state index < -0.39 is 10.9 Å². The van der Waals surface area contributed by atoms with Gasteiger partial charge < -0.3 is 5.11 Å². The molecule has 0 aliphatic heterocycles. The number of rotatable bonds is 5. The van der Waals surface area contributed by atoms with Crippen molar-refractivity contribution in [3.8, 4) is 0 Å². The van der Waals surface area contributed by atoms with Crippen molar-refractivity contribution in [1.29, 1.82) is 0 Å². The molecule has 1 aliphatic rings. The fraction of sp³-hybridized carbons (Fsp3) is 0.462. The quantitative estimate of drug-likeness (QED) is 0.660. The summed E-state index contributed by atoms with van der Waals surface area (Å²) in [4.78, 5) is 21.5. The Kier molecular flexibility index (Phi) is 4.42. The normalized spacial score (nSPS) is 15.6. The number of carboxylic acid groups (broad SMARTS) is 1. The molecule has 2 rings (SSSR count). The zero-order valence-electron chi connectivity index (χ0n) is 10.4. The van der Waals surface area contributed by atoms with Crippen molar-refractivity contribution in [2.75, 3.05) is 0 Å². The Balaban J connectivity index is 2.20. The number of carboxylic acids is 1. The number of nitro groups is 1. The van der Waals surface area contributed by atoms with Gasteiger partial charge >= 0.3 is 5.97 Å². The van der Waals surface area contributed by atoms with Crippen LogP contribution in [0, 0.1) is 10.1 Å². The first-order valence-corrected chi connectivity index (χ1v) is 7.25. The smallest absolute Gasteiger partial charge is 0.343 e. The third-order valence-corrected chi connectivity index (χ3v) is 4.74. The van der Waals surface area contributed by atoms with Crippen LogP contribution in [0.3, 0.4) is 0 Å². The molecule has 1 aromatic carbocycles. The van der Waals surface area contributed by atoms with Crippen LogP contribution in [0.1, 0.15) is 41.6 Å². The fourth-order valence-corrected chi connectivity index (χ4v) is 3.69. The molecule has 19 heavy (non-hydrogen) atoms. The molecular weight excluding hydrogens is 266 g/mol. The summed E-state index contributed by atoms with van der Waals surface area (Å²) >= 11 is 1.70. The summed E-state index contributed by atoms with van der Waals surface area (Å²) in [6, 6.07) is 4.46. The molecule has 102 valence electrons. The van der Waals surface area contributed by atoms with E-state index in [2.05, 4.69) is 0 Å². The van der Waals surface area contributed by atoms with Crippen LogP contribution in [0.5, 0.6) is 0 Å². The molecule has 1 aromatic rings. The van der Waals surface area contributed by atoms with Crippen LogP contribution < -0.4 is 0 Å². The first-order valence-electron chi connectivity index (χ1n) is 6.20. The second-order valence-electron chi connectivity index (χ2n) is 4.59. The summed E-state index contributed by atoms with van der Waals surface area (Å²) in [5.74, 6) is -0.706. The molecular formula is C13H15NO4S. The van der Waals surface area contributed by atoms with Crippen molar-refractivity contribution in [2.45, 2.75) is 36.7 Å². The van der Waals surface area contributed by atoms with E-state index in [0.29, 0.717) is 16.6 Å². The van der Waals surface area contributed by atoms with Crippen LogP contribution >= 0.6 is 11.8 Å². The predicted molar refractivity (Wildman–Crippen MR) is 73.6 cm³/mol. The zero-order valence-corrected chi connectivity index (χ0v) is 11.2. The molecule has 0 amide bonds. The highest BCUT2D eigenvalue weighted by molar-refractivity contribution is 7.99. The van der Waals surface area contributed by atoms with Gasteiger partial charge in [0.1, 0.15) is 5.56 Å². The Labute approximate surface area is 115 Å². The first kappa shape index (κ1) is 13.9. The number of aromatic carboxylic acids is 1. The minimum absolute atomic E-state index is 0.169. The van der Waals surface area contributed by atoms with Gasteiger partial charge in [0.15, 0.2) is 0 Å². The third-order valence-electron chi connectivity index (χ3n) is 3.32. The fourth-order valence-electron chi connectivity index (χ4n) is 2.37. The molecule has 6 heteroatoms. The average molecular weight is 281 g/mol. The molecule has 5 nitrogen and oxygen atoms in total. The molecule has 0 radical (unpaired) electrons. The molecule has 0 saturated heterocycles. The lowest BCUT2D eigenvalue weighted by Crippen LogP contribution is -2.07. The number of carbonyl (C=O) groups is 1. The lowest BCUT2D eigenvalue weighted by Gasteiger charge is -2.10. The maximum absolute atomic E-state index is 11.2. The monoisotopic (exact) mass is 281 g/mol. The van der Waals surface area contributed by atoms with Crippen LogP contribution in [-0.2, 0) is 5.75 Å². The molecule has 1 saturated carbocycles. The second kappa shape index (κ2) is 6.06. The number of hydrogen-bond donors (Lipinski definition) is 1. The molecule has 0 heterocycles. The number of nitro benzene ring substituents is 1. The zero-order chi connectivity index (χ0) is 13.8. The van der Waals surface area contributed by atoms with E-state index in [1.807, 2.05) is 0 Å². The van der Waals surface area contributed by atoms with E-state index in [-0.39, 0.29) is 11.3 Å². The highest BCUT2D eigenvalue weighted by Crippen LogP contribution is 2.33. The van der Waals surface area contributed by atoms with Gasteiger partial charge in [-0.2, -0.15) is 11.8 Å². The first-order chi connectivity index (χ1) is 9.09. The van der Waals surface area contributed by atoms with Crippen molar-refractivity contribution in [2.24, 2.45) is 0 Å². The Morgan fingerprint density at radius 2 is 2.11 bits per heavy atom. The van der Waals surface area contributed by atoms with Gasteiger partial charge in [-0.1, -0.05) is 25.0 Å². The van der Waals surface area contributed by atoms with Gasteiger partial charge in [-0.05, 0) is 18.4 Å². The molecule has 0 unspecified atom stereocenters. The Bertz CT molecular complexity index is 497. The predicted octanol–water partition coefficient (Wildman–Crippen LogP) is 3.47. The summed E-state index contributed by atoms with van der Waals surface area (Å²) in [6.45, 7) is 0. The van der Waals surface area contributed by atoms with Gasteiger partial charge in [-0.25, -0.2) is 4.79 Å². The van der Waals surface area contributed by atoms with Crippen molar-refractivity contribution in [3.63, 3.8) is 0 Å². The van der Waals surface area contributed by atoms with E-state index in [4.69, 9.17) is 0 Å². The molecule has 0 aromatic heterocycles. The van der Waals surface area contributed by atoms with E-state index in [0.717, 1.165) is 12.8 Å². The maximum atomic E-state index is 11.2. The minimum atomic E-state index is -1.23. The highest BCUT2D eigenvalue weighted by atomic mass is 32.2. The number of hydrogen-bond acceptors (Lipinski definition) is 4. The highest BCUT2D eigenvalue weighted by Gasteiger charge is 2.24. The molecule has 1 fully saturated rings. The van der Waals surface area contributed by atoms with E-state index >= 15 is 0 Å². The Morgan fingerprint density at radius 3 is 2.68 bits per heavy atom. The molecule has 0 spiro atoms. The van der Waals surface area contributed by atoms with Crippen molar-refractivity contribution < 1.29 is 14.8 Å². The van der Waals surface area contributed by atoms with Gasteiger partial charge in [-0.15, -0.1) is 0 Å². The molecule has 1 aliphatic carbocycles. The van der Waals surface area contributed by atoms with Crippen LogP contribution in [0.4, 0.5) is 5.69 Å². The van der Waals surface area contributed by atoms with Crippen molar-refractivity contribution in [1.82, 2.24) is 0 Å². The lowest BCUT2D eigenvalue weighted by molar-refractivity contribution is -0.385. The molecule has 0 bridgehead atoms. The maximum Gasteiger partial charge on any atom is 0.343 e. The summed E-state index contributed by atoms with van der Waals surface area (Å²) in [7, 11) is 0. The summed E-state index contributed by atoms with van der Waals surface area (Å²) in [5.41, 5.74) is 0.0496. The van der Waals surface area contributed by atoms with E-state index in [1.54, 1.807) is 23.9 Å². The average Bonchev–Trinajstić information content (AvgIpc) is 2.88. The van der Waals surface area contributed by atoms with Crippen LogP contribution in [0.15, 0.2) is 18.2 Å². The standard InChI is InChI=1S/C13H15NO4S/c15-13(16)12-9(4-3-7-11(12)14(17)18)8-19-10-5-1-2-6-10/h3-4,7,10H,1-2,5-6,8H2,(H,15,16). The largest absolute Gasteiger partial charge is 0.477 e. The minimum Gasteiger partial charge on any atom is -0.477 e. The SMILES string of the molecule is O=C(O)c1c(CSC2CCCC2)cccc1[N+](=O)[O-]. The summed E-state index contributed by atoms with van der Waals surface area (Å²) in [6.07, 6.45) is 4.75. The Morgan fingerprint density at radius 1 is 1.42 bits per heavy atom. The van der Waals surface area contributed by atoms with Gasteiger partial charge in [-0.3, -0.25) is 10.1 Å². The number of thioether (sulfide) groups is 1. The Hall–Kier alpha value is -1.56. The lowest BCUT2D eigenvalue weighted by atomic mass is 10.1. The molecule has 1 N–H and O–H groups in total. The van der Waals surface area contributed by atoms with Crippen molar-refractivity contribution >= 4 is 23.4 Å². The summed E-state index contributed by atoms with van der Waals surface area (Å²) < 4.78 is 0. The molecule has 0 atom stereocenters. The van der Waals surface area contributed by atoms with Crippen molar-refractivity contribution in [3.05, 3.63) is 39.4 Å². The summed E-state index contributed by atoms with van der Waals surface area (Å²) in [5, 5.41) is 20.6.